The molecule has 0 heterocycles. The summed E-state index contributed by atoms with van der Waals surface area (Å²) in [5.74, 6) is 0.451. The summed E-state index contributed by atoms with van der Waals surface area (Å²) in [5.41, 5.74) is 1.05. The monoisotopic (exact) mass is 281 g/mol. The van der Waals surface area contributed by atoms with Crippen molar-refractivity contribution in [1.29, 1.82) is 5.26 Å². The molecule has 0 N–H and O–H groups in total. The molecular formula is C14H19NO3S. The Morgan fingerprint density at radius 1 is 1.32 bits per heavy atom. The van der Waals surface area contributed by atoms with Crippen molar-refractivity contribution < 1.29 is 13.2 Å². The number of hydrogen-bond donors (Lipinski definition) is 0. The van der Waals surface area contributed by atoms with Gasteiger partial charge in [-0.3, -0.25) is 0 Å². The van der Waals surface area contributed by atoms with Crippen molar-refractivity contribution in [2.45, 2.75) is 31.8 Å². The van der Waals surface area contributed by atoms with Crippen molar-refractivity contribution >= 4 is 9.84 Å². The molecule has 19 heavy (non-hydrogen) atoms. The summed E-state index contributed by atoms with van der Waals surface area (Å²) >= 11 is 0. The highest BCUT2D eigenvalue weighted by Gasteiger charge is 2.24. The highest BCUT2D eigenvalue weighted by molar-refractivity contribution is 7.91. The van der Waals surface area contributed by atoms with E-state index in [4.69, 9.17) is 10.00 Å². The van der Waals surface area contributed by atoms with E-state index in [-0.39, 0.29) is 11.7 Å². The van der Waals surface area contributed by atoms with Crippen LogP contribution in [0.2, 0.25) is 0 Å². The average molecular weight is 281 g/mol. The number of nitrogens with zero attached hydrogens (tertiary/aromatic N) is 1. The summed E-state index contributed by atoms with van der Waals surface area (Å²) < 4.78 is 29.5. The molecule has 104 valence electrons. The zero-order valence-corrected chi connectivity index (χ0v) is 12.5. The van der Waals surface area contributed by atoms with Crippen molar-refractivity contribution in [2.75, 3.05) is 7.11 Å². The summed E-state index contributed by atoms with van der Waals surface area (Å²) in [5, 5.41) is 8.49. The Morgan fingerprint density at radius 2 is 1.95 bits per heavy atom. The van der Waals surface area contributed by atoms with Crippen molar-refractivity contribution in [3.8, 4) is 11.8 Å². The molecule has 1 rings (SSSR count). The lowest BCUT2D eigenvalue weighted by atomic mass is 10.1. The van der Waals surface area contributed by atoms with Gasteiger partial charge in [0, 0.05) is 0 Å². The molecule has 0 aliphatic carbocycles. The Bertz CT molecular complexity index is 585. The number of nitriles is 1. The fourth-order valence-electron chi connectivity index (χ4n) is 1.70. The predicted molar refractivity (Wildman–Crippen MR) is 74.6 cm³/mol. The maximum Gasteiger partial charge on any atom is 0.157 e. The average Bonchev–Trinajstić information content (AvgIpc) is 2.36. The minimum Gasteiger partial charge on any atom is -0.495 e. The van der Waals surface area contributed by atoms with E-state index in [1.807, 2.05) is 19.9 Å². The molecule has 5 heteroatoms. The predicted octanol–water partition coefficient (Wildman–Crippen LogP) is 2.53. The van der Waals surface area contributed by atoms with E-state index in [2.05, 4.69) is 0 Å². The number of benzene rings is 1. The highest BCUT2D eigenvalue weighted by Crippen LogP contribution is 2.23. The number of hydrogen-bond acceptors (Lipinski definition) is 4. The molecule has 0 amide bonds. The second-order valence-electron chi connectivity index (χ2n) is 4.90. The van der Waals surface area contributed by atoms with Crippen LogP contribution in [0.5, 0.6) is 5.75 Å². The van der Waals surface area contributed by atoms with Crippen LogP contribution in [0.25, 0.3) is 0 Å². The van der Waals surface area contributed by atoms with Gasteiger partial charge >= 0.3 is 0 Å². The van der Waals surface area contributed by atoms with Crippen LogP contribution in [0.3, 0.4) is 0 Å². The third-order valence-corrected chi connectivity index (χ3v) is 5.67. The van der Waals surface area contributed by atoms with E-state index >= 15 is 0 Å². The lowest BCUT2D eigenvalue weighted by Crippen LogP contribution is -2.24. The van der Waals surface area contributed by atoms with Crippen LogP contribution >= 0.6 is 0 Å². The van der Waals surface area contributed by atoms with E-state index in [1.165, 1.54) is 7.11 Å². The van der Waals surface area contributed by atoms with Gasteiger partial charge < -0.3 is 4.74 Å². The maximum absolute atomic E-state index is 12.2. The summed E-state index contributed by atoms with van der Waals surface area (Å²) in [6.45, 7) is 5.50. The zero-order chi connectivity index (χ0) is 14.6. The first-order chi connectivity index (χ1) is 8.81. The Kier molecular flexibility index (Phi) is 4.96. The third kappa shape index (κ3) is 3.71. The Balaban J connectivity index is 3.05. The Hall–Kier alpha value is -1.54. The molecule has 1 aromatic rings. The van der Waals surface area contributed by atoms with Crippen LogP contribution in [-0.2, 0) is 15.6 Å². The van der Waals surface area contributed by atoms with Gasteiger partial charge in [0.2, 0.25) is 0 Å². The van der Waals surface area contributed by atoms with Crippen molar-refractivity contribution in [2.24, 2.45) is 5.92 Å². The molecule has 0 bridgehead atoms. The summed E-state index contributed by atoms with van der Waals surface area (Å²) in [6, 6.07) is 6.86. The quantitative estimate of drug-likeness (QED) is 0.831. The number of sulfone groups is 1. The summed E-state index contributed by atoms with van der Waals surface area (Å²) in [7, 11) is -1.73. The molecule has 1 atom stereocenters. The molecule has 0 saturated heterocycles. The maximum atomic E-state index is 12.2. The molecule has 0 saturated carbocycles. The minimum atomic E-state index is -3.20. The van der Waals surface area contributed by atoms with Gasteiger partial charge in [0.15, 0.2) is 9.84 Å². The number of methoxy groups -OCH3 is 1. The first kappa shape index (κ1) is 15.5. The minimum absolute atomic E-state index is 0.0333. The lowest BCUT2D eigenvalue weighted by Gasteiger charge is -2.16. The van der Waals surface area contributed by atoms with Crippen LogP contribution < -0.4 is 4.74 Å². The smallest absolute Gasteiger partial charge is 0.157 e. The van der Waals surface area contributed by atoms with Crippen LogP contribution in [0.4, 0.5) is 0 Å². The van der Waals surface area contributed by atoms with Crippen LogP contribution in [0.1, 0.15) is 31.9 Å². The SMILES string of the molecule is COc1cc(CS(=O)(=O)C(C)C(C)C)ccc1C#N. The molecular weight excluding hydrogens is 262 g/mol. The van der Waals surface area contributed by atoms with Gasteiger partial charge in [-0.05, 0) is 30.5 Å². The Morgan fingerprint density at radius 3 is 2.42 bits per heavy atom. The van der Waals surface area contributed by atoms with Gasteiger partial charge in [-0.2, -0.15) is 5.26 Å². The molecule has 4 nitrogen and oxygen atoms in total. The van der Waals surface area contributed by atoms with E-state index < -0.39 is 15.1 Å². The largest absolute Gasteiger partial charge is 0.495 e. The molecule has 0 radical (unpaired) electrons. The van der Waals surface area contributed by atoms with Crippen LogP contribution in [0.15, 0.2) is 18.2 Å². The van der Waals surface area contributed by atoms with Gasteiger partial charge in [-0.25, -0.2) is 8.42 Å². The molecule has 1 unspecified atom stereocenters. The Labute approximate surface area is 114 Å². The topological polar surface area (TPSA) is 67.2 Å². The van der Waals surface area contributed by atoms with Gasteiger partial charge in [-0.1, -0.05) is 19.9 Å². The van der Waals surface area contributed by atoms with Crippen LogP contribution in [0, 0.1) is 17.2 Å². The van der Waals surface area contributed by atoms with E-state index in [9.17, 15) is 8.42 Å². The summed E-state index contributed by atoms with van der Waals surface area (Å²) in [6.07, 6.45) is 0. The lowest BCUT2D eigenvalue weighted by molar-refractivity contribution is 0.413. The molecule has 0 spiro atoms. The number of rotatable bonds is 5. The molecule has 0 aliphatic rings. The second kappa shape index (κ2) is 6.07. The van der Waals surface area contributed by atoms with Crippen molar-refractivity contribution in [3.63, 3.8) is 0 Å². The van der Waals surface area contributed by atoms with Gasteiger partial charge in [0.1, 0.15) is 11.8 Å². The summed E-state index contributed by atoms with van der Waals surface area (Å²) in [4.78, 5) is 0. The first-order valence-corrected chi connectivity index (χ1v) is 7.82. The fourth-order valence-corrected chi connectivity index (χ4v) is 3.43. The van der Waals surface area contributed by atoms with E-state index in [0.717, 1.165) is 0 Å². The zero-order valence-electron chi connectivity index (χ0n) is 11.7. The normalized spacial score (nSPS) is 13.1. The van der Waals surface area contributed by atoms with Crippen LogP contribution in [-0.4, -0.2) is 20.8 Å². The highest BCUT2D eigenvalue weighted by atomic mass is 32.2. The first-order valence-electron chi connectivity index (χ1n) is 6.10. The third-order valence-electron chi connectivity index (χ3n) is 3.26. The standard InChI is InChI=1S/C14H19NO3S/c1-10(2)11(3)19(16,17)9-12-5-6-13(8-15)14(7-12)18-4/h5-7,10-11H,9H2,1-4H3. The van der Waals surface area contributed by atoms with Crippen molar-refractivity contribution in [3.05, 3.63) is 29.3 Å². The molecule has 0 aliphatic heterocycles. The van der Waals surface area contributed by atoms with Gasteiger partial charge in [0.05, 0.1) is 23.7 Å². The number of ether oxygens (including phenoxy) is 1. The molecule has 0 fully saturated rings. The van der Waals surface area contributed by atoms with Gasteiger partial charge in [0.25, 0.3) is 0 Å². The van der Waals surface area contributed by atoms with Gasteiger partial charge in [-0.15, -0.1) is 0 Å². The second-order valence-corrected chi connectivity index (χ2v) is 7.26. The fraction of sp³-hybridized carbons (Fsp3) is 0.500. The van der Waals surface area contributed by atoms with Crippen molar-refractivity contribution in [1.82, 2.24) is 0 Å². The van der Waals surface area contributed by atoms with E-state index in [0.29, 0.717) is 16.9 Å². The molecule has 0 aromatic heterocycles. The molecule has 1 aromatic carbocycles. The van der Waals surface area contributed by atoms with E-state index in [1.54, 1.807) is 25.1 Å².